The molecule has 2 aromatic rings. The molecule has 23 heavy (non-hydrogen) atoms. The van der Waals surface area contributed by atoms with Crippen LogP contribution in [0.3, 0.4) is 0 Å². The molecular formula is C17H23ClN4O. The number of anilines is 1. The number of halogens is 1. The number of rotatable bonds is 4. The van der Waals surface area contributed by atoms with Gasteiger partial charge in [-0.1, -0.05) is 12.1 Å². The zero-order valence-electron chi connectivity index (χ0n) is 13.5. The SMILES string of the molecule is Cc1n[nH]c(C)c1NC(=O)c1cccc(CC2CCNC2)c1.Cl. The van der Waals surface area contributed by atoms with Crippen LogP contribution in [0.1, 0.15) is 33.7 Å². The average Bonchev–Trinajstić information content (AvgIpc) is 3.12. The minimum absolute atomic E-state index is 0. The second kappa shape index (κ2) is 7.62. The van der Waals surface area contributed by atoms with Crippen molar-refractivity contribution in [3.05, 3.63) is 46.8 Å². The third-order valence-electron chi connectivity index (χ3n) is 4.24. The van der Waals surface area contributed by atoms with Crippen LogP contribution in [0, 0.1) is 19.8 Å². The Morgan fingerprint density at radius 3 is 2.87 bits per heavy atom. The van der Waals surface area contributed by atoms with Crippen LogP contribution in [0.2, 0.25) is 0 Å². The molecule has 1 aromatic carbocycles. The molecule has 1 atom stereocenters. The normalized spacial score (nSPS) is 16.9. The highest BCUT2D eigenvalue weighted by Gasteiger charge is 2.16. The molecule has 1 unspecified atom stereocenters. The molecule has 0 saturated carbocycles. The lowest BCUT2D eigenvalue weighted by atomic mass is 9.97. The van der Waals surface area contributed by atoms with E-state index in [2.05, 4.69) is 26.9 Å². The van der Waals surface area contributed by atoms with Crippen molar-refractivity contribution in [2.45, 2.75) is 26.7 Å². The van der Waals surface area contributed by atoms with E-state index < -0.39 is 0 Å². The molecule has 0 aliphatic carbocycles. The molecule has 0 spiro atoms. The molecule has 1 aliphatic rings. The van der Waals surface area contributed by atoms with Crippen LogP contribution < -0.4 is 10.6 Å². The molecule has 3 rings (SSSR count). The van der Waals surface area contributed by atoms with Crippen molar-refractivity contribution < 1.29 is 4.79 Å². The Hall–Kier alpha value is -1.85. The van der Waals surface area contributed by atoms with Crippen molar-refractivity contribution in [1.29, 1.82) is 0 Å². The first kappa shape index (κ1) is 17.5. The van der Waals surface area contributed by atoms with Crippen molar-refractivity contribution in [2.24, 2.45) is 5.92 Å². The van der Waals surface area contributed by atoms with Gasteiger partial charge in [-0.05, 0) is 63.4 Å². The summed E-state index contributed by atoms with van der Waals surface area (Å²) in [4.78, 5) is 12.4. The maximum atomic E-state index is 12.4. The first-order chi connectivity index (χ1) is 10.6. The molecule has 1 saturated heterocycles. The third kappa shape index (κ3) is 4.12. The van der Waals surface area contributed by atoms with Crippen LogP contribution in [0.5, 0.6) is 0 Å². The Morgan fingerprint density at radius 2 is 2.22 bits per heavy atom. The van der Waals surface area contributed by atoms with Gasteiger partial charge in [0, 0.05) is 5.56 Å². The van der Waals surface area contributed by atoms with Gasteiger partial charge in [0.2, 0.25) is 0 Å². The number of nitrogens with one attached hydrogen (secondary N) is 3. The topological polar surface area (TPSA) is 69.8 Å². The maximum absolute atomic E-state index is 12.4. The minimum atomic E-state index is -0.0843. The van der Waals surface area contributed by atoms with Crippen molar-refractivity contribution in [1.82, 2.24) is 15.5 Å². The van der Waals surface area contributed by atoms with E-state index in [1.165, 1.54) is 12.0 Å². The van der Waals surface area contributed by atoms with E-state index in [0.29, 0.717) is 11.5 Å². The molecule has 0 radical (unpaired) electrons. The Bertz CT molecular complexity index is 657. The van der Waals surface area contributed by atoms with E-state index in [9.17, 15) is 4.79 Å². The van der Waals surface area contributed by atoms with E-state index in [0.717, 1.165) is 36.6 Å². The highest BCUT2D eigenvalue weighted by atomic mass is 35.5. The molecule has 1 aromatic heterocycles. The fraction of sp³-hybridized carbons (Fsp3) is 0.412. The molecule has 1 amide bonds. The summed E-state index contributed by atoms with van der Waals surface area (Å²) in [5, 5.41) is 13.3. The second-order valence-corrected chi connectivity index (χ2v) is 6.03. The van der Waals surface area contributed by atoms with Crippen LogP contribution in [-0.2, 0) is 6.42 Å². The predicted molar refractivity (Wildman–Crippen MR) is 94.4 cm³/mol. The smallest absolute Gasteiger partial charge is 0.255 e. The van der Waals surface area contributed by atoms with E-state index in [1.807, 2.05) is 32.0 Å². The number of amides is 1. The maximum Gasteiger partial charge on any atom is 0.255 e. The van der Waals surface area contributed by atoms with E-state index in [4.69, 9.17) is 0 Å². The van der Waals surface area contributed by atoms with E-state index >= 15 is 0 Å². The summed E-state index contributed by atoms with van der Waals surface area (Å²) in [7, 11) is 0. The van der Waals surface area contributed by atoms with Crippen LogP contribution in [0.25, 0.3) is 0 Å². The molecule has 124 valence electrons. The number of nitrogens with zero attached hydrogens (tertiary/aromatic N) is 1. The minimum Gasteiger partial charge on any atom is -0.319 e. The number of carbonyl (C=O) groups is 1. The summed E-state index contributed by atoms with van der Waals surface area (Å²) in [6, 6.07) is 7.92. The summed E-state index contributed by atoms with van der Waals surface area (Å²) in [5.74, 6) is 0.593. The van der Waals surface area contributed by atoms with Crippen LogP contribution in [0.15, 0.2) is 24.3 Å². The quantitative estimate of drug-likeness (QED) is 0.805. The van der Waals surface area contributed by atoms with Gasteiger partial charge in [-0.15, -0.1) is 12.4 Å². The highest BCUT2D eigenvalue weighted by molar-refractivity contribution is 6.04. The van der Waals surface area contributed by atoms with Gasteiger partial charge >= 0.3 is 0 Å². The van der Waals surface area contributed by atoms with Gasteiger partial charge in [-0.25, -0.2) is 0 Å². The predicted octanol–water partition coefficient (Wildman–Crippen LogP) is 2.85. The molecule has 1 aliphatic heterocycles. The molecular weight excluding hydrogens is 312 g/mol. The zero-order chi connectivity index (χ0) is 15.5. The third-order valence-corrected chi connectivity index (χ3v) is 4.24. The Morgan fingerprint density at radius 1 is 1.39 bits per heavy atom. The number of benzene rings is 1. The van der Waals surface area contributed by atoms with Gasteiger partial charge in [-0.2, -0.15) is 5.10 Å². The summed E-state index contributed by atoms with van der Waals surface area (Å²) in [6.45, 7) is 5.95. The number of carbonyl (C=O) groups excluding carboxylic acids is 1. The summed E-state index contributed by atoms with van der Waals surface area (Å²) < 4.78 is 0. The molecule has 6 heteroatoms. The van der Waals surface area contributed by atoms with E-state index in [1.54, 1.807) is 0 Å². The van der Waals surface area contributed by atoms with Crippen LogP contribution >= 0.6 is 12.4 Å². The Kier molecular flexibility index (Phi) is 5.80. The first-order valence-corrected chi connectivity index (χ1v) is 7.76. The van der Waals surface area contributed by atoms with Gasteiger partial charge < -0.3 is 10.6 Å². The number of aromatic amines is 1. The zero-order valence-corrected chi connectivity index (χ0v) is 14.3. The second-order valence-electron chi connectivity index (χ2n) is 6.03. The van der Waals surface area contributed by atoms with Crippen molar-refractivity contribution in [3.63, 3.8) is 0 Å². The first-order valence-electron chi connectivity index (χ1n) is 7.76. The van der Waals surface area contributed by atoms with Gasteiger partial charge in [-0.3, -0.25) is 9.89 Å². The van der Waals surface area contributed by atoms with Crippen LogP contribution in [0.4, 0.5) is 5.69 Å². The van der Waals surface area contributed by atoms with Gasteiger partial charge in [0.05, 0.1) is 17.1 Å². The van der Waals surface area contributed by atoms with Gasteiger partial charge in [0.25, 0.3) is 5.91 Å². The fourth-order valence-corrected chi connectivity index (χ4v) is 2.98. The average molecular weight is 335 g/mol. The van der Waals surface area contributed by atoms with Crippen LogP contribution in [-0.4, -0.2) is 29.2 Å². The summed E-state index contributed by atoms with van der Waals surface area (Å²) in [5.41, 5.74) is 4.37. The molecule has 5 nitrogen and oxygen atoms in total. The summed E-state index contributed by atoms with van der Waals surface area (Å²) >= 11 is 0. The van der Waals surface area contributed by atoms with Gasteiger partial charge in [0.15, 0.2) is 0 Å². The van der Waals surface area contributed by atoms with E-state index in [-0.39, 0.29) is 18.3 Å². The fourth-order valence-electron chi connectivity index (χ4n) is 2.98. The number of hydrogen-bond acceptors (Lipinski definition) is 3. The Balaban J connectivity index is 0.00000192. The lowest BCUT2D eigenvalue weighted by Crippen LogP contribution is -2.14. The highest BCUT2D eigenvalue weighted by Crippen LogP contribution is 2.19. The van der Waals surface area contributed by atoms with Crippen molar-refractivity contribution in [2.75, 3.05) is 18.4 Å². The monoisotopic (exact) mass is 334 g/mol. The summed E-state index contributed by atoms with van der Waals surface area (Å²) in [6.07, 6.45) is 2.24. The number of aryl methyl sites for hydroxylation is 2. The lowest BCUT2D eigenvalue weighted by Gasteiger charge is -2.10. The Labute approximate surface area is 142 Å². The van der Waals surface area contributed by atoms with Crippen molar-refractivity contribution in [3.8, 4) is 0 Å². The number of aromatic nitrogens is 2. The number of H-pyrrole nitrogens is 1. The van der Waals surface area contributed by atoms with Gasteiger partial charge in [0.1, 0.15) is 0 Å². The standard InChI is InChI=1S/C17H22N4O.ClH/c1-11-16(12(2)21-20-11)19-17(22)15-5-3-4-13(9-15)8-14-6-7-18-10-14;/h3-5,9,14,18H,6-8,10H2,1-2H3,(H,19,22)(H,20,21);1H. The molecule has 1 fully saturated rings. The van der Waals surface area contributed by atoms with Crippen molar-refractivity contribution >= 4 is 24.0 Å². The lowest BCUT2D eigenvalue weighted by molar-refractivity contribution is 0.102. The largest absolute Gasteiger partial charge is 0.319 e. The molecule has 2 heterocycles. The molecule has 0 bridgehead atoms. The number of hydrogen-bond donors (Lipinski definition) is 3. The molecule has 3 N–H and O–H groups in total.